The molecule has 2 unspecified atom stereocenters. The third kappa shape index (κ3) is 2.79. The van der Waals surface area contributed by atoms with E-state index in [-0.39, 0.29) is 23.5 Å². The average molecular weight is 269 g/mol. The zero-order valence-corrected chi connectivity index (χ0v) is 12.4. The maximum Gasteiger partial charge on any atom is 0.222 e. The topological polar surface area (TPSA) is 49.8 Å². The van der Waals surface area contributed by atoms with Crippen molar-refractivity contribution in [3.63, 3.8) is 0 Å². The summed E-state index contributed by atoms with van der Waals surface area (Å²) in [4.78, 5) is 14.0. The molecule has 19 heavy (non-hydrogen) atoms. The summed E-state index contributed by atoms with van der Waals surface area (Å²) in [5.41, 5.74) is -0.0787. The molecule has 4 nitrogen and oxygen atoms in total. The predicted octanol–water partition coefficient (Wildman–Crippen LogP) is 1.81. The van der Waals surface area contributed by atoms with Crippen molar-refractivity contribution < 1.29 is 14.6 Å². The van der Waals surface area contributed by atoms with Crippen LogP contribution in [0.2, 0.25) is 0 Å². The molecule has 1 aliphatic heterocycles. The van der Waals surface area contributed by atoms with Crippen molar-refractivity contribution in [2.24, 2.45) is 11.3 Å². The number of carbonyl (C=O) groups excluding carboxylic acids is 1. The molecule has 1 saturated carbocycles. The molecule has 1 amide bonds. The van der Waals surface area contributed by atoms with Gasteiger partial charge in [-0.3, -0.25) is 4.79 Å². The first kappa shape index (κ1) is 14.8. The second kappa shape index (κ2) is 5.80. The van der Waals surface area contributed by atoms with Gasteiger partial charge in [0.05, 0.1) is 12.2 Å². The van der Waals surface area contributed by atoms with Crippen LogP contribution in [0.5, 0.6) is 0 Å². The lowest BCUT2D eigenvalue weighted by Crippen LogP contribution is -2.62. The van der Waals surface area contributed by atoms with Crippen molar-refractivity contribution >= 4 is 5.91 Å². The fraction of sp³-hybridized carbons (Fsp3) is 0.933. The van der Waals surface area contributed by atoms with E-state index in [2.05, 4.69) is 13.8 Å². The van der Waals surface area contributed by atoms with E-state index in [4.69, 9.17) is 4.74 Å². The molecular formula is C15H27NO3. The molecule has 2 aliphatic rings. The van der Waals surface area contributed by atoms with E-state index in [0.29, 0.717) is 18.9 Å². The third-order valence-corrected chi connectivity index (χ3v) is 4.74. The largest absolute Gasteiger partial charge is 0.392 e. The minimum absolute atomic E-state index is 0.0787. The lowest BCUT2D eigenvalue weighted by atomic mass is 9.58. The molecule has 1 saturated heterocycles. The summed E-state index contributed by atoms with van der Waals surface area (Å²) in [6.07, 6.45) is 3.09. The Morgan fingerprint density at radius 1 is 1.42 bits per heavy atom. The van der Waals surface area contributed by atoms with Gasteiger partial charge < -0.3 is 14.7 Å². The zero-order valence-electron chi connectivity index (χ0n) is 12.4. The van der Waals surface area contributed by atoms with Gasteiger partial charge in [0, 0.05) is 38.0 Å². The Labute approximate surface area is 116 Å². The van der Waals surface area contributed by atoms with E-state index >= 15 is 0 Å². The lowest BCUT2D eigenvalue weighted by molar-refractivity contribution is -0.210. The number of rotatable bonds is 4. The molecule has 0 bridgehead atoms. The Kier molecular flexibility index (Phi) is 4.51. The molecule has 110 valence electrons. The monoisotopic (exact) mass is 269 g/mol. The predicted molar refractivity (Wildman–Crippen MR) is 73.7 cm³/mol. The van der Waals surface area contributed by atoms with Crippen molar-refractivity contribution in [1.29, 1.82) is 0 Å². The van der Waals surface area contributed by atoms with Gasteiger partial charge in [0.25, 0.3) is 0 Å². The fourth-order valence-electron chi connectivity index (χ4n) is 3.47. The first-order valence-corrected chi connectivity index (χ1v) is 7.57. The maximum absolute atomic E-state index is 12.0. The van der Waals surface area contributed by atoms with Crippen LogP contribution in [-0.4, -0.2) is 47.8 Å². The Bertz CT molecular complexity index is 319. The smallest absolute Gasteiger partial charge is 0.222 e. The van der Waals surface area contributed by atoms with Crippen LogP contribution in [0.4, 0.5) is 0 Å². The summed E-state index contributed by atoms with van der Waals surface area (Å²) in [5.74, 6) is 0.667. The number of hydrogen-bond acceptors (Lipinski definition) is 3. The normalized spacial score (nSPS) is 29.6. The summed E-state index contributed by atoms with van der Waals surface area (Å²) >= 11 is 0. The minimum atomic E-state index is -0.244. The first-order chi connectivity index (χ1) is 8.99. The van der Waals surface area contributed by atoms with E-state index in [1.807, 2.05) is 11.8 Å². The van der Waals surface area contributed by atoms with E-state index in [1.165, 1.54) is 0 Å². The van der Waals surface area contributed by atoms with Gasteiger partial charge in [-0.1, -0.05) is 13.8 Å². The van der Waals surface area contributed by atoms with Crippen LogP contribution in [0.15, 0.2) is 0 Å². The number of amides is 1. The van der Waals surface area contributed by atoms with Gasteiger partial charge in [0.1, 0.15) is 0 Å². The molecule has 0 aromatic heterocycles. The molecular weight excluding hydrogens is 242 g/mol. The molecule has 1 heterocycles. The highest BCUT2D eigenvalue weighted by molar-refractivity contribution is 5.76. The van der Waals surface area contributed by atoms with Crippen molar-refractivity contribution in [3.05, 3.63) is 0 Å². The highest BCUT2D eigenvalue weighted by Gasteiger charge is 2.56. The molecule has 0 aromatic carbocycles. The standard InChI is InChI=1S/C15H27NO3/c1-4-19-13-10-12(17)15(13)5-7-16(8-6-15)14(18)9-11(2)3/h11-13,17H,4-10H2,1-3H3. The van der Waals surface area contributed by atoms with E-state index in [0.717, 1.165) is 32.4 Å². The van der Waals surface area contributed by atoms with Gasteiger partial charge in [-0.15, -0.1) is 0 Å². The molecule has 0 aromatic rings. The number of nitrogens with zero attached hydrogens (tertiary/aromatic N) is 1. The number of carbonyl (C=O) groups is 1. The second-order valence-corrected chi connectivity index (χ2v) is 6.41. The van der Waals surface area contributed by atoms with Gasteiger partial charge >= 0.3 is 0 Å². The quantitative estimate of drug-likeness (QED) is 0.847. The second-order valence-electron chi connectivity index (χ2n) is 6.41. The molecule has 1 spiro atoms. The number of aliphatic hydroxyl groups excluding tert-OH is 1. The summed E-state index contributed by atoms with van der Waals surface area (Å²) in [5, 5.41) is 10.1. The van der Waals surface area contributed by atoms with Crippen LogP contribution in [0.3, 0.4) is 0 Å². The highest BCUT2D eigenvalue weighted by Crippen LogP contribution is 2.50. The Morgan fingerprint density at radius 2 is 2.05 bits per heavy atom. The van der Waals surface area contributed by atoms with Crippen molar-refractivity contribution in [3.8, 4) is 0 Å². The van der Waals surface area contributed by atoms with E-state index < -0.39 is 0 Å². The number of aliphatic hydroxyl groups is 1. The van der Waals surface area contributed by atoms with Crippen LogP contribution in [-0.2, 0) is 9.53 Å². The SMILES string of the molecule is CCOC1CC(O)C12CCN(C(=O)CC(C)C)CC2. The zero-order chi connectivity index (χ0) is 14.0. The minimum Gasteiger partial charge on any atom is -0.392 e. The molecule has 0 radical (unpaired) electrons. The van der Waals surface area contributed by atoms with Crippen molar-refractivity contribution in [2.45, 2.75) is 58.7 Å². The fourth-order valence-corrected chi connectivity index (χ4v) is 3.47. The van der Waals surface area contributed by atoms with Gasteiger partial charge in [-0.05, 0) is 25.7 Å². The molecule has 1 aliphatic carbocycles. The molecule has 2 rings (SSSR count). The lowest BCUT2D eigenvalue weighted by Gasteiger charge is -2.56. The van der Waals surface area contributed by atoms with Crippen LogP contribution in [0.1, 0.15) is 46.5 Å². The van der Waals surface area contributed by atoms with Crippen LogP contribution < -0.4 is 0 Å². The number of piperidine rings is 1. The number of hydrogen-bond donors (Lipinski definition) is 1. The van der Waals surface area contributed by atoms with Crippen LogP contribution in [0, 0.1) is 11.3 Å². The average Bonchev–Trinajstić information content (AvgIpc) is 2.38. The van der Waals surface area contributed by atoms with Gasteiger partial charge in [0.2, 0.25) is 5.91 Å². The summed E-state index contributed by atoms with van der Waals surface area (Å²) in [6, 6.07) is 0. The maximum atomic E-state index is 12.0. The van der Waals surface area contributed by atoms with Gasteiger partial charge in [0.15, 0.2) is 0 Å². The number of likely N-dealkylation sites (tertiary alicyclic amines) is 1. The Morgan fingerprint density at radius 3 is 2.53 bits per heavy atom. The number of ether oxygens (including phenoxy) is 1. The van der Waals surface area contributed by atoms with Crippen LogP contribution in [0.25, 0.3) is 0 Å². The van der Waals surface area contributed by atoms with Crippen molar-refractivity contribution in [1.82, 2.24) is 4.90 Å². The molecule has 2 atom stereocenters. The summed E-state index contributed by atoms with van der Waals surface area (Å²) < 4.78 is 5.74. The van der Waals surface area contributed by atoms with Crippen molar-refractivity contribution in [2.75, 3.05) is 19.7 Å². The molecule has 2 fully saturated rings. The van der Waals surface area contributed by atoms with Gasteiger partial charge in [-0.25, -0.2) is 0 Å². The summed E-state index contributed by atoms with van der Waals surface area (Å²) in [6.45, 7) is 8.39. The third-order valence-electron chi connectivity index (χ3n) is 4.74. The molecule has 4 heteroatoms. The summed E-state index contributed by atoms with van der Waals surface area (Å²) in [7, 11) is 0. The Balaban J connectivity index is 1.89. The first-order valence-electron chi connectivity index (χ1n) is 7.57. The molecule has 1 N–H and O–H groups in total. The highest BCUT2D eigenvalue weighted by atomic mass is 16.5. The Hall–Kier alpha value is -0.610. The van der Waals surface area contributed by atoms with E-state index in [1.54, 1.807) is 0 Å². The van der Waals surface area contributed by atoms with Crippen LogP contribution >= 0.6 is 0 Å². The van der Waals surface area contributed by atoms with E-state index in [9.17, 15) is 9.90 Å². The van der Waals surface area contributed by atoms with Gasteiger partial charge in [-0.2, -0.15) is 0 Å².